The van der Waals surface area contributed by atoms with E-state index in [1.54, 1.807) is 13.4 Å². The molecule has 0 amide bonds. The summed E-state index contributed by atoms with van der Waals surface area (Å²) in [6.07, 6.45) is 2.66. The molecule has 2 rings (SSSR count). The lowest BCUT2D eigenvalue weighted by Gasteiger charge is -2.19. The minimum absolute atomic E-state index is 0.147. The minimum Gasteiger partial charge on any atom is -0.497 e. The Kier molecular flexibility index (Phi) is 4.63. The van der Waals surface area contributed by atoms with Crippen molar-refractivity contribution in [2.75, 3.05) is 13.7 Å². The molecule has 0 saturated heterocycles. The smallest absolute Gasteiger partial charge is 0.119 e. The molecule has 1 heterocycles. The Morgan fingerprint density at radius 2 is 2.11 bits per heavy atom. The van der Waals surface area contributed by atoms with Gasteiger partial charge in [0.05, 0.1) is 19.4 Å². The molecule has 1 atom stereocenters. The van der Waals surface area contributed by atoms with Crippen LogP contribution in [0.2, 0.25) is 0 Å². The number of benzene rings is 1. The van der Waals surface area contributed by atoms with Crippen LogP contribution in [-0.2, 0) is 6.42 Å². The highest BCUT2D eigenvalue weighted by atomic mass is 16.5. The lowest BCUT2D eigenvalue weighted by molar-refractivity contribution is 0.413. The van der Waals surface area contributed by atoms with Gasteiger partial charge in [0.1, 0.15) is 11.5 Å². The van der Waals surface area contributed by atoms with Crippen molar-refractivity contribution < 1.29 is 9.15 Å². The van der Waals surface area contributed by atoms with Crippen molar-refractivity contribution in [3.63, 3.8) is 0 Å². The van der Waals surface area contributed by atoms with E-state index in [0.717, 1.165) is 24.5 Å². The maximum absolute atomic E-state index is 5.55. The first-order valence-corrected chi connectivity index (χ1v) is 6.73. The van der Waals surface area contributed by atoms with E-state index in [9.17, 15) is 0 Å². The highest BCUT2D eigenvalue weighted by molar-refractivity contribution is 5.37. The number of methoxy groups -OCH3 is 1. The molecule has 3 heteroatoms. The monoisotopic (exact) mass is 259 g/mol. The zero-order chi connectivity index (χ0) is 13.7. The minimum atomic E-state index is 0.147. The topological polar surface area (TPSA) is 34.4 Å². The number of aryl methyl sites for hydroxylation is 1. The van der Waals surface area contributed by atoms with E-state index in [0.29, 0.717) is 0 Å². The summed E-state index contributed by atoms with van der Waals surface area (Å²) in [6.45, 7) is 5.12. The van der Waals surface area contributed by atoms with Gasteiger partial charge in [0.15, 0.2) is 0 Å². The summed E-state index contributed by atoms with van der Waals surface area (Å²) in [4.78, 5) is 0. The van der Waals surface area contributed by atoms with Gasteiger partial charge in [-0.15, -0.1) is 0 Å². The quantitative estimate of drug-likeness (QED) is 0.861. The molecular formula is C16H21NO2. The van der Waals surface area contributed by atoms with Crippen molar-refractivity contribution in [1.82, 2.24) is 5.32 Å². The molecule has 0 fully saturated rings. The number of ether oxygens (including phenoxy) is 1. The number of nitrogens with one attached hydrogen (secondary N) is 1. The third-order valence-corrected chi connectivity index (χ3v) is 3.25. The average molecular weight is 259 g/mol. The van der Waals surface area contributed by atoms with Gasteiger partial charge >= 0.3 is 0 Å². The van der Waals surface area contributed by atoms with Crippen molar-refractivity contribution in [2.24, 2.45) is 0 Å². The largest absolute Gasteiger partial charge is 0.497 e. The third-order valence-electron chi connectivity index (χ3n) is 3.25. The van der Waals surface area contributed by atoms with Crippen LogP contribution in [0.3, 0.4) is 0 Å². The maximum Gasteiger partial charge on any atom is 0.119 e. The van der Waals surface area contributed by atoms with E-state index in [-0.39, 0.29) is 6.04 Å². The molecule has 0 bridgehead atoms. The van der Waals surface area contributed by atoms with Crippen LogP contribution in [0.25, 0.3) is 0 Å². The number of rotatable bonds is 6. The van der Waals surface area contributed by atoms with Gasteiger partial charge in [-0.05, 0) is 30.3 Å². The summed E-state index contributed by atoms with van der Waals surface area (Å²) in [7, 11) is 1.69. The maximum atomic E-state index is 5.55. The highest BCUT2D eigenvalue weighted by Gasteiger charge is 2.18. The second kappa shape index (κ2) is 6.43. The van der Waals surface area contributed by atoms with Crippen LogP contribution in [0.1, 0.15) is 36.8 Å². The molecule has 19 heavy (non-hydrogen) atoms. The molecule has 1 aromatic heterocycles. The number of furan rings is 1. The molecule has 0 spiro atoms. The van der Waals surface area contributed by atoms with Crippen LogP contribution in [0.5, 0.6) is 5.75 Å². The Bertz CT molecular complexity index is 519. The van der Waals surface area contributed by atoms with E-state index in [1.165, 1.54) is 11.1 Å². The molecule has 1 N–H and O–H groups in total. The molecule has 0 radical (unpaired) electrons. The van der Waals surface area contributed by atoms with Crippen LogP contribution in [0.4, 0.5) is 0 Å². The van der Waals surface area contributed by atoms with Crippen LogP contribution >= 0.6 is 0 Å². The first-order chi connectivity index (χ1) is 9.30. The third kappa shape index (κ3) is 2.99. The van der Waals surface area contributed by atoms with Crippen molar-refractivity contribution in [3.8, 4) is 5.75 Å². The van der Waals surface area contributed by atoms with Crippen molar-refractivity contribution in [1.29, 1.82) is 0 Å². The highest BCUT2D eigenvalue weighted by Crippen LogP contribution is 2.28. The van der Waals surface area contributed by atoms with E-state index in [2.05, 4.69) is 31.3 Å². The van der Waals surface area contributed by atoms with Crippen molar-refractivity contribution in [2.45, 2.75) is 26.3 Å². The fraction of sp³-hybridized carbons (Fsp3) is 0.375. The fourth-order valence-corrected chi connectivity index (χ4v) is 2.33. The van der Waals surface area contributed by atoms with Crippen LogP contribution in [-0.4, -0.2) is 13.7 Å². The molecule has 0 aliphatic heterocycles. The van der Waals surface area contributed by atoms with Gasteiger partial charge in [0.25, 0.3) is 0 Å². The molecular weight excluding hydrogens is 238 g/mol. The van der Waals surface area contributed by atoms with Gasteiger partial charge < -0.3 is 14.5 Å². The van der Waals surface area contributed by atoms with Crippen LogP contribution in [0, 0.1) is 0 Å². The van der Waals surface area contributed by atoms with Gasteiger partial charge in [-0.1, -0.05) is 26.0 Å². The van der Waals surface area contributed by atoms with E-state index in [1.807, 2.05) is 18.2 Å². The zero-order valence-electron chi connectivity index (χ0n) is 11.8. The lowest BCUT2D eigenvalue weighted by atomic mass is 9.98. The molecule has 102 valence electrons. The number of hydrogen-bond donors (Lipinski definition) is 1. The predicted octanol–water partition coefficient (Wildman–Crippen LogP) is 3.55. The first kappa shape index (κ1) is 13.7. The molecule has 1 aromatic carbocycles. The second-order valence-corrected chi connectivity index (χ2v) is 4.42. The Morgan fingerprint density at radius 1 is 1.26 bits per heavy atom. The van der Waals surface area contributed by atoms with Crippen LogP contribution < -0.4 is 10.1 Å². The summed E-state index contributed by atoms with van der Waals surface area (Å²) >= 11 is 0. The fourth-order valence-electron chi connectivity index (χ4n) is 2.33. The van der Waals surface area contributed by atoms with E-state index < -0.39 is 0 Å². The van der Waals surface area contributed by atoms with Crippen molar-refractivity contribution >= 4 is 0 Å². The second-order valence-electron chi connectivity index (χ2n) is 4.42. The molecule has 0 aliphatic rings. The lowest BCUT2D eigenvalue weighted by Crippen LogP contribution is -2.22. The van der Waals surface area contributed by atoms with E-state index >= 15 is 0 Å². The Hall–Kier alpha value is -1.74. The number of hydrogen-bond acceptors (Lipinski definition) is 3. The Balaban J connectivity index is 2.39. The molecule has 3 nitrogen and oxygen atoms in total. The summed E-state index contributed by atoms with van der Waals surface area (Å²) in [5.41, 5.74) is 2.40. The summed E-state index contributed by atoms with van der Waals surface area (Å²) < 4.78 is 10.9. The molecule has 0 saturated carbocycles. The van der Waals surface area contributed by atoms with Gasteiger partial charge in [0, 0.05) is 12.0 Å². The molecule has 2 aromatic rings. The SMILES string of the molecule is CCNC(c1cccc(OC)c1)c1ccoc1CC. The van der Waals surface area contributed by atoms with E-state index in [4.69, 9.17) is 9.15 Å². The summed E-state index contributed by atoms with van der Waals surface area (Å²) in [5, 5.41) is 3.51. The Labute approximate surface area is 114 Å². The summed E-state index contributed by atoms with van der Waals surface area (Å²) in [6, 6.07) is 10.4. The van der Waals surface area contributed by atoms with Crippen molar-refractivity contribution in [3.05, 3.63) is 53.5 Å². The van der Waals surface area contributed by atoms with Gasteiger partial charge in [-0.25, -0.2) is 0 Å². The van der Waals surface area contributed by atoms with Gasteiger partial charge in [-0.2, -0.15) is 0 Å². The average Bonchev–Trinajstić information content (AvgIpc) is 2.93. The first-order valence-electron chi connectivity index (χ1n) is 6.73. The van der Waals surface area contributed by atoms with Gasteiger partial charge in [0.2, 0.25) is 0 Å². The zero-order valence-corrected chi connectivity index (χ0v) is 11.8. The summed E-state index contributed by atoms with van der Waals surface area (Å²) in [5.74, 6) is 1.91. The normalized spacial score (nSPS) is 12.4. The predicted molar refractivity (Wildman–Crippen MR) is 76.6 cm³/mol. The molecule has 1 unspecified atom stereocenters. The Morgan fingerprint density at radius 3 is 2.79 bits per heavy atom. The van der Waals surface area contributed by atoms with Crippen LogP contribution in [0.15, 0.2) is 41.0 Å². The standard InChI is InChI=1S/C16H21NO2/c1-4-15-14(9-10-19-15)16(17-5-2)12-7-6-8-13(11-12)18-3/h6-11,16-17H,4-5H2,1-3H3. The van der Waals surface area contributed by atoms with Gasteiger partial charge in [-0.3, -0.25) is 0 Å². The molecule has 0 aliphatic carbocycles.